The minimum Gasteiger partial charge on any atom is -0.297 e. The lowest BCUT2D eigenvalue weighted by molar-refractivity contribution is 0.236. The van der Waals surface area contributed by atoms with E-state index in [-0.39, 0.29) is 22.9 Å². The van der Waals surface area contributed by atoms with Crippen molar-refractivity contribution in [3.05, 3.63) is 102 Å². The average molecular weight is 583 g/mol. The summed E-state index contributed by atoms with van der Waals surface area (Å²) in [7, 11) is -7.63. The van der Waals surface area contributed by atoms with Crippen molar-refractivity contribution in [1.82, 2.24) is 18.5 Å². The van der Waals surface area contributed by atoms with Crippen LogP contribution in [0.2, 0.25) is 0 Å². The summed E-state index contributed by atoms with van der Waals surface area (Å²) in [5.74, 6) is 0. The quantitative estimate of drug-likeness (QED) is 0.404. The number of hydrogen-bond acceptors (Lipinski definition) is 6. The molecule has 0 N–H and O–H groups in total. The van der Waals surface area contributed by atoms with Crippen LogP contribution in [0, 0.1) is 13.8 Å². The SMILES string of the molecule is C=C1CN(S(=O)(=O)c2ccc(C)cc2)CCCN(Cc2ccccn2)CCCN(S(=O)(=O)c2ccc(C)cc2)C1. The predicted octanol–water partition coefficient (Wildman–Crippen LogP) is 4.23. The summed E-state index contributed by atoms with van der Waals surface area (Å²) < 4.78 is 57.6. The van der Waals surface area contributed by atoms with Gasteiger partial charge >= 0.3 is 0 Å². The molecule has 1 saturated heterocycles. The normalized spacial score (nSPS) is 17.7. The molecule has 3 aromatic rings. The maximum atomic E-state index is 13.7. The zero-order valence-electron chi connectivity index (χ0n) is 23.2. The molecule has 0 unspecified atom stereocenters. The molecule has 40 heavy (non-hydrogen) atoms. The minimum atomic E-state index is -3.81. The van der Waals surface area contributed by atoms with Crippen molar-refractivity contribution >= 4 is 20.0 Å². The Labute approximate surface area is 239 Å². The second kappa shape index (κ2) is 13.2. The Hall–Kier alpha value is -2.89. The van der Waals surface area contributed by atoms with E-state index < -0.39 is 20.0 Å². The zero-order chi connectivity index (χ0) is 28.8. The van der Waals surface area contributed by atoms with E-state index in [0.29, 0.717) is 51.1 Å². The van der Waals surface area contributed by atoms with Gasteiger partial charge in [-0.1, -0.05) is 48.0 Å². The van der Waals surface area contributed by atoms with E-state index in [1.54, 1.807) is 54.7 Å². The van der Waals surface area contributed by atoms with Crippen molar-refractivity contribution in [2.24, 2.45) is 0 Å². The summed E-state index contributed by atoms with van der Waals surface area (Å²) in [6, 6.07) is 19.4. The summed E-state index contributed by atoms with van der Waals surface area (Å²) in [6.45, 7) is 10.5. The van der Waals surface area contributed by atoms with Crippen LogP contribution in [-0.4, -0.2) is 74.6 Å². The summed E-state index contributed by atoms with van der Waals surface area (Å²) in [6.07, 6.45) is 3.00. The Kier molecular flexibility index (Phi) is 9.91. The van der Waals surface area contributed by atoms with E-state index in [1.807, 2.05) is 32.0 Å². The lowest BCUT2D eigenvalue weighted by Crippen LogP contribution is -2.41. The number of aromatic nitrogens is 1. The summed E-state index contributed by atoms with van der Waals surface area (Å²) in [5.41, 5.74) is 3.38. The van der Waals surface area contributed by atoms with Gasteiger partial charge in [0.15, 0.2) is 0 Å². The molecular weight excluding hydrogens is 544 g/mol. The number of rotatable bonds is 6. The highest BCUT2D eigenvalue weighted by Gasteiger charge is 2.29. The zero-order valence-corrected chi connectivity index (χ0v) is 24.9. The van der Waals surface area contributed by atoms with Crippen LogP contribution in [0.1, 0.15) is 29.7 Å². The average Bonchev–Trinajstić information content (AvgIpc) is 2.92. The Morgan fingerprint density at radius 2 is 1.18 bits per heavy atom. The summed E-state index contributed by atoms with van der Waals surface area (Å²) >= 11 is 0. The van der Waals surface area contributed by atoms with Gasteiger partial charge in [0.2, 0.25) is 20.0 Å². The molecule has 0 aliphatic carbocycles. The first kappa shape index (κ1) is 30.1. The van der Waals surface area contributed by atoms with Crippen LogP contribution < -0.4 is 0 Å². The molecule has 1 aliphatic heterocycles. The number of sulfonamides is 2. The first-order valence-electron chi connectivity index (χ1n) is 13.5. The van der Waals surface area contributed by atoms with Crippen LogP contribution >= 0.6 is 0 Å². The molecule has 2 aromatic carbocycles. The molecule has 0 spiro atoms. The number of pyridine rings is 1. The smallest absolute Gasteiger partial charge is 0.243 e. The highest BCUT2D eigenvalue weighted by molar-refractivity contribution is 7.89. The van der Waals surface area contributed by atoms with Crippen molar-refractivity contribution < 1.29 is 16.8 Å². The first-order chi connectivity index (χ1) is 19.1. The van der Waals surface area contributed by atoms with Crippen LogP contribution in [0.5, 0.6) is 0 Å². The van der Waals surface area contributed by atoms with E-state index in [1.165, 1.54) is 8.61 Å². The Morgan fingerprint density at radius 3 is 1.60 bits per heavy atom. The van der Waals surface area contributed by atoms with Crippen LogP contribution in [0.25, 0.3) is 0 Å². The van der Waals surface area contributed by atoms with Crippen LogP contribution in [0.15, 0.2) is 94.9 Å². The van der Waals surface area contributed by atoms with Gasteiger partial charge in [-0.3, -0.25) is 9.88 Å². The third kappa shape index (κ3) is 7.64. The molecule has 1 aromatic heterocycles. The number of hydrogen-bond donors (Lipinski definition) is 0. The molecule has 0 atom stereocenters. The van der Waals surface area contributed by atoms with Gasteiger partial charge in [0.25, 0.3) is 0 Å². The monoisotopic (exact) mass is 582 g/mol. The topological polar surface area (TPSA) is 90.9 Å². The van der Waals surface area contributed by atoms with Crippen LogP contribution in [0.3, 0.4) is 0 Å². The van der Waals surface area contributed by atoms with E-state index in [9.17, 15) is 16.8 Å². The molecular formula is C30H38N4O4S2. The molecule has 1 fully saturated rings. The van der Waals surface area contributed by atoms with Gasteiger partial charge in [-0.15, -0.1) is 0 Å². The molecule has 0 amide bonds. The van der Waals surface area contributed by atoms with Gasteiger partial charge in [0.05, 0.1) is 15.5 Å². The Bertz CT molecular complexity index is 1400. The molecule has 214 valence electrons. The lowest BCUT2D eigenvalue weighted by atomic mass is 10.2. The van der Waals surface area contributed by atoms with Crippen LogP contribution in [-0.2, 0) is 26.6 Å². The summed E-state index contributed by atoms with van der Waals surface area (Å²) in [5, 5.41) is 0. The Morgan fingerprint density at radius 1 is 0.700 bits per heavy atom. The maximum Gasteiger partial charge on any atom is 0.243 e. The maximum absolute atomic E-state index is 13.7. The number of aryl methyl sites for hydroxylation is 2. The Balaban J connectivity index is 1.63. The van der Waals surface area contributed by atoms with Gasteiger partial charge in [-0.05, 0) is 81.7 Å². The lowest BCUT2D eigenvalue weighted by Gasteiger charge is -2.30. The van der Waals surface area contributed by atoms with Crippen LogP contribution in [0.4, 0.5) is 0 Å². The fraction of sp³-hybridized carbons (Fsp3) is 0.367. The third-order valence-corrected chi connectivity index (χ3v) is 10.7. The first-order valence-corrected chi connectivity index (χ1v) is 16.4. The van der Waals surface area contributed by atoms with Gasteiger partial charge < -0.3 is 0 Å². The fourth-order valence-corrected chi connectivity index (χ4v) is 7.77. The molecule has 0 bridgehead atoms. The molecule has 0 radical (unpaired) electrons. The molecule has 0 saturated carbocycles. The largest absolute Gasteiger partial charge is 0.297 e. The fourth-order valence-electron chi connectivity index (χ4n) is 4.77. The van der Waals surface area contributed by atoms with Crippen molar-refractivity contribution in [1.29, 1.82) is 0 Å². The standard InChI is InChI=1S/C30H38N4O4S2/c1-25-9-13-29(14-10-25)39(35,36)33-20-6-18-32(24-28-8-4-5-17-31-28)19-7-21-34(23-27(3)22-33)40(37,38)30-15-11-26(2)12-16-30/h4-5,8-17H,3,6-7,18-24H2,1-2H3. The molecule has 2 heterocycles. The van der Waals surface area contributed by atoms with Gasteiger partial charge in [0, 0.05) is 38.9 Å². The van der Waals surface area contributed by atoms with Gasteiger partial charge in [-0.25, -0.2) is 16.8 Å². The number of nitrogens with zero attached hydrogens (tertiary/aromatic N) is 4. The second-order valence-corrected chi connectivity index (χ2v) is 14.2. The van der Waals surface area contributed by atoms with Crippen molar-refractivity contribution in [3.8, 4) is 0 Å². The van der Waals surface area contributed by atoms with Crippen molar-refractivity contribution in [2.75, 3.05) is 39.3 Å². The highest BCUT2D eigenvalue weighted by Crippen LogP contribution is 2.22. The minimum absolute atomic E-state index is 0.0381. The van der Waals surface area contributed by atoms with Gasteiger partial charge in [-0.2, -0.15) is 8.61 Å². The second-order valence-electron chi connectivity index (χ2n) is 10.4. The van der Waals surface area contributed by atoms with E-state index >= 15 is 0 Å². The molecule has 8 nitrogen and oxygen atoms in total. The molecule has 4 rings (SSSR count). The highest BCUT2D eigenvalue weighted by atomic mass is 32.2. The summed E-state index contributed by atoms with van der Waals surface area (Å²) in [4.78, 5) is 7.09. The number of benzene rings is 2. The van der Waals surface area contributed by atoms with E-state index in [2.05, 4.69) is 16.5 Å². The van der Waals surface area contributed by atoms with Crippen molar-refractivity contribution in [2.45, 2.75) is 43.0 Å². The van der Waals surface area contributed by atoms with Gasteiger partial charge in [0.1, 0.15) is 0 Å². The molecule has 10 heteroatoms. The third-order valence-electron chi connectivity index (χ3n) is 6.99. The van der Waals surface area contributed by atoms with E-state index in [0.717, 1.165) is 16.8 Å². The predicted molar refractivity (Wildman–Crippen MR) is 158 cm³/mol. The van der Waals surface area contributed by atoms with E-state index in [4.69, 9.17) is 0 Å². The molecule has 1 aliphatic rings. The van der Waals surface area contributed by atoms with Crippen molar-refractivity contribution in [3.63, 3.8) is 0 Å².